The van der Waals surface area contributed by atoms with Gasteiger partial charge in [0.15, 0.2) is 0 Å². The van der Waals surface area contributed by atoms with E-state index >= 15 is 0 Å². The van der Waals surface area contributed by atoms with Gasteiger partial charge >= 0.3 is 471 Å². The summed E-state index contributed by atoms with van der Waals surface area (Å²) in [4.78, 5) is 0. The first kappa shape index (κ1) is 112. The SMILES string of the molecule is C=CC[As](CC=C)CC=C.C=CC[As](CC=C)CC=C.C=CC[As](CC=C)CC=C.C=CC[As](CC=C)CC=C.C=CC[As](CC=C)CC=C.C=CC[As](CC=C)CC=C.[Br-].[Br-].[Br-].[Br-].[Br-].[Br-].[Pd+2].[Pd+2].[Pd+2]. The van der Waals surface area contributed by atoms with Gasteiger partial charge < -0.3 is 102 Å². The minimum Gasteiger partial charge on any atom is -1.00 e. The summed E-state index contributed by atoms with van der Waals surface area (Å²) in [5.41, 5.74) is 0. The molecule has 408 valence electrons. The van der Waals surface area contributed by atoms with E-state index in [0.717, 1.165) is 0 Å². The first-order valence-electron chi connectivity index (χ1n) is 20.4. The molecule has 69 heavy (non-hydrogen) atoms. The fourth-order valence-electron chi connectivity index (χ4n) is 4.63. The van der Waals surface area contributed by atoms with Crippen LogP contribution < -0.4 is 102 Å². The van der Waals surface area contributed by atoms with Crippen LogP contribution in [-0.2, 0) is 61.3 Å². The van der Waals surface area contributed by atoms with Gasteiger partial charge in [0.05, 0.1) is 0 Å². The van der Waals surface area contributed by atoms with Gasteiger partial charge in [-0.15, -0.1) is 0 Å². The average molecular weight is 1990 g/mol. The van der Waals surface area contributed by atoms with Gasteiger partial charge in [0.1, 0.15) is 0 Å². The van der Waals surface area contributed by atoms with Crippen molar-refractivity contribution < 1.29 is 163 Å². The van der Waals surface area contributed by atoms with Crippen LogP contribution in [0.25, 0.3) is 0 Å². The van der Waals surface area contributed by atoms with Crippen LogP contribution in [-0.4, -0.2) is 87.9 Å². The van der Waals surface area contributed by atoms with Crippen LogP contribution in [0.5, 0.6) is 0 Å². The van der Waals surface area contributed by atoms with E-state index in [0.29, 0.717) is 0 Å². The van der Waals surface area contributed by atoms with Crippen LogP contribution >= 0.6 is 0 Å². The van der Waals surface area contributed by atoms with Crippen molar-refractivity contribution in [2.45, 2.75) is 93.8 Å². The molecule has 0 radical (unpaired) electrons. The van der Waals surface area contributed by atoms with Gasteiger partial charge in [0, 0.05) is 0 Å². The molecule has 0 amide bonds. The van der Waals surface area contributed by atoms with Crippen LogP contribution in [0.3, 0.4) is 0 Å². The van der Waals surface area contributed by atoms with Crippen LogP contribution in [0.15, 0.2) is 228 Å². The Bertz CT molecular complexity index is 832. The fraction of sp³-hybridized carbons (Fsp3) is 0.333. The zero-order chi connectivity index (χ0) is 46.9. The average Bonchev–Trinajstić information content (AvgIpc) is 3.21. The van der Waals surface area contributed by atoms with Crippen molar-refractivity contribution in [2.75, 3.05) is 0 Å². The number of hydrogen-bond donors (Lipinski definition) is 0. The normalized spacial score (nSPS) is 8.09. The molecule has 0 aromatic rings. The maximum atomic E-state index is 3.73. The molecule has 0 aliphatic carbocycles. The van der Waals surface area contributed by atoms with Crippen LogP contribution in [0, 0.1) is 0 Å². The fourth-order valence-corrected chi connectivity index (χ4v) is 24.0. The first-order valence-corrected chi connectivity index (χ1v) is 44.3. The van der Waals surface area contributed by atoms with Crippen molar-refractivity contribution in [3.05, 3.63) is 228 Å². The Kier molecular flexibility index (Phi) is 175. The molecule has 0 bridgehead atoms. The Balaban J connectivity index is -0.0000000380. The van der Waals surface area contributed by atoms with Gasteiger partial charge in [-0.25, -0.2) is 0 Å². The Labute approximate surface area is 563 Å². The molecule has 0 unspecified atom stereocenters. The Morgan fingerprint density at radius 2 is 0.188 bits per heavy atom. The van der Waals surface area contributed by atoms with Crippen LogP contribution in [0.2, 0.25) is 93.8 Å². The first-order chi connectivity index (χ1) is 29.1. The zero-order valence-corrected chi connectivity index (χ0v) is 67.2. The van der Waals surface area contributed by atoms with E-state index in [-0.39, 0.29) is 163 Å². The molecule has 0 aliphatic rings. The summed E-state index contributed by atoms with van der Waals surface area (Å²) in [7, 11) is 0. The van der Waals surface area contributed by atoms with Gasteiger partial charge in [-0.3, -0.25) is 0 Å². The molecule has 0 N–H and O–H groups in total. The molecule has 0 rings (SSSR count). The van der Waals surface area contributed by atoms with Gasteiger partial charge in [0.2, 0.25) is 0 Å². The molecule has 0 aromatic heterocycles. The molecule has 0 saturated heterocycles. The van der Waals surface area contributed by atoms with Gasteiger partial charge in [0.25, 0.3) is 0 Å². The number of rotatable bonds is 36. The molecular formula is C54H90As6Br6Pd3. The summed E-state index contributed by atoms with van der Waals surface area (Å²) in [6, 6.07) is 0. The molecule has 15 heteroatoms. The van der Waals surface area contributed by atoms with Gasteiger partial charge in [-0.05, 0) is 0 Å². The molecule has 0 aromatic carbocycles. The summed E-state index contributed by atoms with van der Waals surface area (Å²) >= 11 is -3.91. The monoisotopic (exact) mass is 1980 g/mol. The third-order valence-electron chi connectivity index (χ3n) is 6.97. The summed E-state index contributed by atoms with van der Waals surface area (Å²) < 4.78 is 0. The van der Waals surface area contributed by atoms with Crippen molar-refractivity contribution in [3.63, 3.8) is 0 Å². The quantitative estimate of drug-likeness (QED) is 0.0625. The van der Waals surface area contributed by atoms with E-state index in [2.05, 4.69) is 118 Å². The predicted octanol–water partition coefficient (Wildman–Crippen LogP) is 0.252. The second-order valence-electron chi connectivity index (χ2n) is 12.5. The van der Waals surface area contributed by atoms with E-state index in [1.807, 2.05) is 109 Å². The minimum atomic E-state index is -0.651. The molecule has 0 fully saturated rings. The second-order valence-corrected chi connectivity index (χ2v) is 43.2. The second kappa shape index (κ2) is 108. The minimum absolute atomic E-state index is 0. The molecule has 0 aliphatic heterocycles. The van der Waals surface area contributed by atoms with Crippen LogP contribution in [0.1, 0.15) is 0 Å². The smallest absolute Gasteiger partial charge is 1.00 e. The van der Waals surface area contributed by atoms with E-state index in [1.165, 1.54) is 93.8 Å². The summed E-state index contributed by atoms with van der Waals surface area (Å²) in [6.45, 7) is 67.2. The van der Waals surface area contributed by atoms with Crippen LogP contribution in [0.4, 0.5) is 0 Å². The Morgan fingerprint density at radius 1 is 0.145 bits per heavy atom. The molecule has 0 nitrogen and oxygen atoms in total. The van der Waals surface area contributed by atoms with E-state index in [9.17, 15) is 0 Å². The third-order valence-corrected chi connectivity index (χ3v) is 36.2. The Hall–Kier alpha value is 3.54. The van der Waals surface area contributed by atoms with E-state index < -0.39 is 87.9 Å². The van der Waals surface area contributed by atoms with Gasteiger partial charge in [-0.2, -0.15) is 0 Å². The molecular weight excluding hydrogens is 1900 g/mol. The summed E-state index contributed by atoms with van der Waals surface area (Å²) in [5.74, 6) is 0. The van der Waals surface area contributed by atoms with Crippen molar-refractivity contribution in [1.29, 1.82) is 0 Å². The van der Waals surface area contributed by atoms with Gasteiger partial charge in [-0.1, -0.05) is 0 Å². The third kappa shape index (κ3) is 104. The number of halogens is 6. The zero-order valence-electron chi connectivity index (χ0n) is 41.7. The number of allylic oxidation sites excluding steroid dienone is 18. The largest absolute Gasteiger partial charge is 2.00 e. The maximum Gasteiger partial charge on any atom is 2.00 e. The summed E-state index contributed by atoms with van der Waals surface area (Å²) in [6.07, 6.45) is 36.4. The Morgan fingerprint density at radius 3 is 0.217 bits per heavy atom. The molecule has 0 spiro atoms. The van der Waals surface area contributed by atoms with E-state index in [1.54, 1.807) is 0 Å². The molecule has 0 heterocycles. The number of hydrogen-bond acceptors (Lipinski definition) is 0. The van der Waals surface area contributed by atoms with Crippen molar-refractivity contribution in [3.8, 4) is 0 Å². The van der Waals surface area contributed by atoms with Crippen molar-refractivity contribution in [1.82, 2.24) is 0 Å². The van der Waals surface area contributed by atoms with E-state index in [4.69, 9.17) is 0 Å². The van der Waals surface area contributed by atoms with Crippen molar-refractivity contribution >= 4 is 87.9 Å². The maximum absolute atomic E-state index is 3.73. The summed E-state index contributed by atoms with van der Waals surface area (Å²) in [5, 5.41) is 21.8. The molecule has 0 saturated carbocycles. The topological polar surface area (TPSA) is 0 Å². The standard InChI is InChI=1S/6C9H15As.6BrH.3Pd/c6*1-4-7-10(8-5-2)9-6-3;;;;;;;;;/h6*4-6H,1-3,7-9H2;6*1H;;;/q;;;;;;;;;;;;3*+2/p-6. The molecule has 0 atom stereocenters. The predicted molar refractivity (Wildman–Crippen MR) is 305 cm³/mol. The van der Waals surface area contributed by atoms with Crippen molar-refractivity contribution in [2.24, 2.45) is 0 Å².